The first kappa shape index (κ1) is 23.6. The molecule has 6 aliphatic rings. The van der Waals surface area contributed by atoms with Crippen LogP contribution in [0.25, 0.3) is 11.5 Å². The van der Waals surface area contributed by atoms with Crippen molar-refractivity contribution in [2.45, 2.75) is 26.1 Å². The number of phenolic OH excluding ortho intramolecular Hbond substituents is 2. The number of aromatic hydroxyl groups is 2. The lowest BCUT2D eigenvalue weighted by atomic mass is 9.46. The van der Waals surface area contributed by atoms with Gasteiger partial charge < -0.3 is 30.6 Å². The molecule has 0 saturated heterocycles. The fourth-order valence-electron chi connectivity index (χ4n) is 9.51. The molecule has 0 heterocycles. The molecule has 6 N–H and O–H groups in total. The monoisotopic (exact) mass is 542 g/mol. The minimum absolute atomic E-state index is 0.185. The number of Topliss-reactive ketones (excluding diaryl/α,β-unsaturated/α-hetero) is 4. The Morgan fingerprint density at radius 1 is 0.600 bits per heavy atom. The Labute approximate surface area is 225 Å². The van der Waals surface area contributed by atoms with E-state index >= 15 is 0 Å². The molecule has 2 unspecified atom stereocenters. The number of hydrogen-bond acceptors (Lipinski definition) is 10. The van der Waals surface area contributed by atoms with Crippen molar-refractivity contribution >= 4 is 34.7 Å². The van der Waals surface area contributed by atoms with Gasteiger partial charge in [0.1, 0.15) is 23.0 Å². The number of benzene rings is 2. The van der Waals surface area contributed by atoms with Gasteiger partial charge in [-0.2, -0.15) is 0 Å². The lowest BCUT2D eigenvalue weighted by Crippen LogP contribution is -2.65. The lowest BCUT2D eigenvalue weighted by Gasteiger charge is -2.53. The number of rotatable bonds is 0. The van der Waals surface area contributed by atoms with Crippen LogP contribution in [-0.4, -0.2) is 66.0 Å². The van der Waals surface area contributed by atoms with Crippen LogP contribution in [-0.2, 0) is 9.59 Å². The molecule has 6 aliphatic carbocycles. The third-order valence-electron chi connectivity index (χ3n) is 10.4. The molecule has 10 nitrogen and oxygen atoms in total. The summed E-state index contributed by atoms with van der Waals surface area (Å²) in [5.41, 5.74) is -5.58. The Kier molecular flexibility index (Phi) is 3.86. The van der Waals surface area contributed by atoms with Crippen LogP contribution in [0.2, 0.25) is 0 Å². The van der Waals surface area contributed by atoms with Crippen molar-refractivity contribution in [2.75, 3.05) is 0 Å². The molecule has 2 aromatic carbocycles. The second-order valence-electron chi connectivity index (χ2n) is 12.0. The second kappa shape index (κ2) is 6.54. The zero-order valence-corrected chi connectivity index (χ0v) is 21.1. The summed E-state index contributed by atoms with van der Waals surface area (Å²) in [5, 5.41) is 67.8. The average Bonchev–Trinajstić information content (AvgIpc) is 3.22. The third kappa shape index (κ3) is 1.96. The molecule has 40 heavy (non-hydrogen) atoms. The molecule has 2 aromatic rings. The van der Waals surface area contributed by atoms with Gasteiger partial charge in [0.15, 0.2) is 23.1 Å². The van der Waals surface area contributed by atoms with Gasteiger partial charge in [-0.3, -0.25) is 19.2 Å². The fraction of sp³-hybridized carbons (Fsp3) is 0.333. The Bertz CT molecular complexity index is 1680. The van der Waals surface area contributed by atoms with Gasteiger partial charge in [0, 0.05) is 23.0 Å². The van der Waals surface area contributed by atoms with Crippen LogP contribution in [0.4, 0.5) is 0 Å². The van der Waals surface area contributed by atoms with Crippen LogP contribution >= 0.6 is 0 Å². The number of hydrogen-bond donors (Lipinski definition) is 6. The normalized spacial score (nSPS) is 38.1. The predicted octanol–water partition coefficient (Wildman–Crippen LogP) is 1.70. The van der Waals surface area contributed by atoms with E-state index in [-0.39, 0.29) is 22.3 Å². The van der Waals surface area contributed by atoms with Gasteiger partial charge in [0.2, 0.25) is 0 Å². The molecule has 4 bridgehead atoms. The van der Waals surface area contributed by atoms with Gasteiger partial charge in [-0.05, 0) is 49.2 Å². The van der Waals surface area contributed by atoms with Crippen molar-refractivity contribution in [3.8, 4) is 11.5 Å². The first-order chi connectivity index (χ1) is 18.8. The molecule has 10 heteroatoms. The van der Waals surface area contributed by atoms with E-state index < -0.39 is 104 Å². The van der Waals surface area contributed by atoms with Crippen molar-refractivity contribution < 1.29 is 49.8 Å². The smallest absolute Gasteiger partial charge is 0.175 e. The van der Waals surface area contributed by atoms with Crippen molar-refractivity contribution in [3.63, 3.8) is 0 Å². The maximum atomic E-state index is 14.5. The summed E-state index contributed by atoms with van der Waals surface area (Å²) < 4.78 is 0. The summed E-state index contributed by atoms with van der Waals surface area (Å²) in [4.78, 5) is 57.9. The zero-order valence-electron chi connectivity index (χ0n) is 21.1. The summed E-state index contributed by atoms with van der Waals surface area (Å²) in [5.74, 6) is -12.2. The van der Waals surface area contributed by atoms with E-state index in [4.69, 9.17) is 0 Å². The lowest BCUT2D eigenvalue weighted by molar-refractivity contribution is -0.142. The topological polar surface area (TPSA) is 190 Å². The largest absolute Gasteiger partial charge is 0.507 e. The second-order valence-corrected chi connectivity index (χ2v) is 12.0. The standard InChI is InChI=1S/C30H22O10/c1-7-3-9-13(11(31)5-7)21(33)17-25(37)20-23(35)15-16-24(36)19(29(15,17)27(9)39)26(38)18-22(34)14-10(28(40)30(16,18)20)4-8(2)6-12(14)32/h3-6,15-16,19-20,23-24,31-36H,1-2H3/t15-,16-,19+,20+,23?,24?,29+,30+/m0/s1. The number of aryl methyl sites for hydroxylation is 2. The van der Waals surface area contributed by atoms with Crippen LogP contribution in [0.1, 0.15) is 43.0 Å². The van der Waals surface area contributed by atoms with Crippen molar-refractivity contribution in [3.05, 3.63) is 68.8 Å². The Morgan fingerprint density at radius 2 is 0.950 bits per heavy atom. The number of carbonyl (C=O) groups is 4. The predicted molar refractivity (Wildman–Crippen MR) is 134 cm³/mol. The molecule has 0 aliphatic heterocycles. The van der Waals surface area contributed by atoms with E-state index in [0.29, 0.717) is 11.1 Å². The number of allylic oxidation sites excluding steroid dienone is 2. The van der Waals surface area contributed by atoms with E-state index in [1.165, 1.54) is 24.3 Å². The Morgan fingerprint density at radius 3 is 1.30 bits per heavy atom. The third-order valence-corrected chi connectivity index (χ3v) is 10.4. The van der Waals surface area contributed by atoms with Gasteiger partial charge in [-0.1, -0.05) is 0 Å². The van der Waals surface area contributed by atoms with Gasteiger partial charge >= 0.3 is 0 Å². The number of ketones is 4. The van der Waals surface area contributed by atoms with Gasteiger partial charge in [-0.25, -0.2) is 0 Å². The van der Waals surface area contributed by atoms with E-state index in [1.807, 2.05) is 0 Å². The molecule has 0 aromatic heterocycles. The Balaban J connectivity index is 1.55. The van der Waals surface area contributed by atoms with Crippen LogP contribution < -0.4 is 0 Å². The van der Waals surface area contributed by atoms with Crippen LogP contribution in [0, 0.1) is 48.3 Å². The van der Waals surface area contributed by atoms with Crippen molar-refractivity contribution in [1.82, 2.24) is 0 Å². The highest BCUT2D eigenvalue weighted by Crippen LogP contribution is 2.80. The van der Waals surface area contributed by atoms with E-state index in [1.54, 1.807) is 13.8 Å². The molecule has 0 amide bonds. The maximum absolute atomic E-state index is 14.5. The highest BCUT2D eigenvalue weighted by molar-refractivity contribution is 6.30. The number of phenols is 2. The first-order valence-electron chi connectivity index (χ1n) is 12.9. The van der Waals surface area contributed by atoms with E-state index in [0.717, 1.165) is 0 Å². The molecule has 4 fully saturated rings. The fourth-order valence-corrected chi connectivity index (χ4v) is 9.51. The minimum Gasteiger partial charge on any atom is -0.507 e. The highest BCUT2D eigenvalue weighted by Gasteiger charge is 2.89. The quantitative estimate of drug-likeness (QED) is 0.286. The average molecular weight is 542 g/mol. The van der Waals surface area contributed by atoms with Crippen molar-refractivity contribution in [1.29, 1.82) is 0 Å². The van der Waals surface area contributed by atoms with Gasteiger partial charge in [-0.15, -0.1) is 0 Å². The van der Waals surface area contributed by atoms with E-state index in [2.05, 4.69) is 0 Å². The molecule has 8 rings (SSSR count). The number of aliphatic hydroxyl groups excluding tert-OH is 4. The summed E-state index contributed by atoms with van der Waals surface area (Å²) in [6.45, 7) is 3.19. The maximum Gasteiger partial charge on any atom is 0.175 e. The summed E-state index contributed by atoms with van der Waals surface area (Å²) in [6.07, 6.45) is -3.37. The summed E-state index contributed by atoms with van der Waals surface area (Å²) in [7, 11) is 0. The van der Waals surface area contributed by atoms with Crippen LogP contribution in [0.5, 0.6) is 11.5 Å². The molecular weight excluding hydrogens is 520 g/mol. The zero-order chi connectivity index (χ0) is 28.5. The number of carbonyl (C=O) groups excluding carboxylic acids is 4. The molecule has 8 atom stereocenters. The van der Waals surface area contributed by atoms with Crippen LogP contribution in [0.3, 0.4) is 0 Å². The molecule has 202 valence electrons. The molecule has 0 radical (unpaired) electrons. The molecular formula is C30H22O10. The van der Waals surface area contributed by atoms with Gasteiger partial charge in [0.05, 0.1) is 57.1 Å². The minimum atomic E-state index is -2.25. The SMILES string of the molecule is Cc1cc(O)c2c(c1)C(=O)[C@@]13C(=C2O)C(=O)[C@H]2C(O)[C@@H]1[C@H]1C(O)[C@@H]3C(=O)C3=C(O)c4c(O)cc(C)cc4C(=O)[C@@]312. The number of aliphatic hydroxyl groups is 4. The summed E-state index contributed by atoms with van der Waals surface area (Å²) in [6, 6.07) is 5.37. The van der Waals surface area contributed by atoms with Crippen molar-refractivity contribution in [2.24, 2.45) is 34.5 Å². The molecule has 4 saturated carbocycles. The highest BCUT2D eigenvalue weighted by atomic mass is 16.3. The summed E-state index contributed by atoms with van der Waals surface area (Å²) >= 11 is 0. The molecule has 2 spiro atoms. The van der Waals surface area contributed by atoms with E-state index in [9.17, 15) is 49.8 Å². The first-order valence-corrected chi connectivity index (χ1v) is 12.9. The van der Waals surface area contributed by atoms with Gasteiger partial charge in [0.25, 0.3) is 0 Å². The number of fused-ring (bicyclic) bond motifs is 4. The Hall–Kier alpha value is -4.28. The van der Waals surface area contributed by atoms with Crippen LogP contribution in [0.15, 0.2) is 35.4 Å².